The van der Waals surface area contributed by atoms with Crippen LogP contribution in [0.2, 0.25) is 5.02 Å². The molecule has 1 unspecified atom stereocenters. The molecule has 4 rings (SSSR count). The second kappa shape index (κ2) is 9.80. The maximum absolute atomic E-state index is 13.9. The Bertz CT molecular complexity index is 1340. The van der Waals surface area contributed by atoms with Crippen molar-refractivity contribution in [3.05, 3.63) is 93.8 Å². The van der Waals surface area contributed by atoms with E-state index in [2.05, 4.69) is 0 Å². The Morgan fingerprint density at radius 1 is 1.06 bits per heavy atom. The number of Topliss-reactive ketones (excluding diaryl/α,β-unsaturated/α-hetero) is 1. The number of halogens is 2. The van der Waals surface area contributed by atoms with Gasteiger partial charge in [-0.25, -0.2) is 4.39 Å². The Morgan fingerprint density at radius 2 is 1.77 bits per heavy atom. The largest absolute Gasteiger partial charge is 0.507 e. The van der Waals surface area contributed by atoms with E-state index in [1.807, 2.05) is 6.92 Å². The molecule has 1 aliphatic heterocycles. The van der Waals surface area contributed by atoms with Gasteiger partial charge in [0.15, 0.2) is 11.5 Å². The maximum atomic E-state index is 13.9. The number of carbonyl (C=O) groups excluding carboxylic acids is 2. The van der Waals surface area contributed by atoms with Gasteiger partial charge < -0.3 is 14.6 Å². The second-order valence-electron chi connectivity index (χ2n) is 7.95. The molecule has 0 bridgehead atoms. The molecule has 0 radical (unpaired) electrons. The number of nitrogens with zero attached hydrogens (tertiary/aromatic N) is 1. The molecule has 3 aromatic rings. The number of amides is 1. The molecule has 0 saturated carbocycles. The lowest BCUT2D eigenvalue weighted by Gasteiger charge is -2.26. The van der Waals surface area contributed by atoms with E-state index in [9.17, 15) is 19.1 Å². The lowest BCUT2D eigenvalue weighted by atomic mass is 9.94. The Balaban J connectivity index is 1.96. The van der Waals surface area contributed by atoms with Crippen molar-refractivity contribution in [3.63, 3.8) is 0 Å². The first-order valence-electron chi connectivity index (χ1n) is 10.9. The zero-order chi connectivity index (χ0) is 25.3. The van der Waals surface area contributed by atoms with Crippen LogP contribution >= 0.6 is 11.6 Å². The van der Waals surface area contributed by atoms with Gasteiger partial charge in [-0.1, -0.05) is 17.7 Å². The van der Waals surface area contributed by atoms with E-state index in [4.69, 9.17) is 21.1 Å². The molecule has 35 heavy (non-hydrogen) atoms. The number of ether oxygens (including phenoxy) is 2. The number of ketones is 1. The van der Waals surface area contributed by atoms with Gasteiger partial charge in [0.25, 0.3) is 11.7 Å². The standard InChI is InChI=1S/C27H23ClFNO5/c1-4-35-22-14-16(6-12-21(22)34-3)24-23(25(31)17-5-11-20(29)15(2)13-17)26(32)27(33)30(24)19-9-7-18(28)8-10-19/h5-14,24,31H,4H2,1-3H3/b25-23-. The molecular weight excluding hydrogens is 473 g/mol. The zero-order valence-electron chi connectivity index (χ0n) is 19.3. The SMILES string of the molecule is CCOc1cc(C2/C(=C(/O)c3ccc(F)c(C)c3)C(=O)C(=O)N2c2ccc(Cl)cc2)ccc1OC. The highest BCUT2D eigenvalue weighted by Gasteiger charge is 2.47. The molecule has 1 amide bonds. The van der Waals surface area contributed by atoms with Crippen molar-refractivity contribution < 1.29 is 28.6 Å². The number of aliphatic hydroxyl groups excluding tert-OH is 1. The van der Waals surface area contributed by atoms with Gasteiger partial charge in [0.05, 0.1) is 25.3 Å². The smallest absolute Gasteiger partial charge is 0.300 e. The fourth-order valence-electron chi connectivity index (χ4n) is 4.10. The van der Waals surface area contributed by atoms with E-state index in [0.29, 0.717) is 39.9 Å². The molecule has 1 atom stereocenters. The zero-order valence-corrected chi connectivity index (χ0v) is 20.1. The van der Waals surface area contributed by atoms with Gasteiger partial charge in [-0.15, -0.1) is 0 Å². The molecule has 3 aromatic carbocycles. The maximum Gasteiger partial charge on any atom is 0.300 e. The number of methoxy groups -OCH3 is 1. The van der Waals surface area contributed by atoms with Crippen LogP contribution in [0, 0.1) is 12.7 Å². The number of aliphatic hydroxyl groups is 1. The van der Waals surface area contributed by atoms with Crippen molar-refractivity contribution in [2.75, 3.05) is 18.6 Å². The Morgan fingerprint density at radius 3 is 2.40 bits per heavy atom. The van der Waals surface area contributed by atoms with E-state index in [1.54, 1.807) is 49.4 Å². The predicted molar refractivity (Wildman–Crippen MR) is 132 cm³/mol. The Kier molecular flexibility index (Phi) is 6.80. The van der Waals surface area contributed by atoms with Gasteiger partial charge in [-0.2, -0.15) is 0 Å². The highest BCUT2D eigenvalue weighted by Crippen LogP contribution is 2.44. The highest BCUT2D eigenvalue weighted by atomic mass is 35.5. The third-order valence-corrected chi connectivity index (χ3v) is 6.04. The van der Waals surface area contributed by atoms with Crippen LogP contribution in [0.1, 0.15) is 29.7 Å². The van der Waals surface area contributed by atoms with Gasteiger partial charge in [0.2, 0.25) is 0 Å². The number of anilines is 1. The van der Waals surface area contributed by atoms with Crippen LogP contribution in [0.25, 0.3) is 5.76 Å². The first-order chi connectivity index (χ1) is 16.8. The number of aryl methyl sites for hydroxylation is 1. The second-order valence-corrected chi connectivity index (χ2v) is 8.39. The summed E-state index contributed by atoms with van der Waals surface area (Å²) >= 11 is 6.03. The molecule has 1 aliphatic rings. The number of carbonyl (C=O) groups is 2. The molecular formula is C27H23ClFNO5. The van der Waals surface area contributed by atoms with Gasteiger partial charge in [0, 0.05) is 16.3 Å². The molecule has 8 heteroatoms. The molecule has 180 valence electrons. The lowest BCUT2D eigenvalue weighted by molar-refractivity contribution is -0.132. The highest BCUT2D eigenvalue weighted by molar-refractivity contribution is 6.51. The van der Waals surface area contributed by atoms with Crippen LogP contribution in [-0.4, -0.2) is 30.5 Å². The summed E-state index contributed by atoms with van der Waals surface area (Å²) in [6, 6.07) is 14.5. The topological polar surface area (TPSA) is 76.1 Å². The monoisotopic (exact) mass is 495 g/mol. The molecule has 0 spiro atoms. The summed E-state index contributed by atoms with van der Waals surface area (Å²) in [7, 11) is 1.51. The van der Waals surface area contributed by atoms with Gasteiger partial charge in [-0.3, -0.25) is 14.5 Å². The van der Waals surface area contributed by atoms with E-state index >= 15 is 0 Å². The quantitative estimate of drug-likeness (QED) is 0.265. The molecule has 1 N–H and O–H groups in total. The van der Waals surface area contributed by atoms with Crippen LogP contribution in [-0.2, 0) is 9.59 Å². The average Bonchev–Trinajstić information content (AvgIpc) is 3.11. The molecule has 1 saturated heterocycles. The summed E-state index contributed by atoms with van der Waals surface area (Å²) in [6.07, 6.45) is 0. The summed E-state index contributed by atoms with van der Waals surface area (Å²) in [6.45, 7) is 3.74. The first kappa shape index (κ1) is 24.3. The summed E-state index contributed by atoms with van der Waals surface area (Å²) < 4.78 is 24.9. The number of hydrogen-bond acceptors (Lipinski definition) is 5. The molecule has 0 aliphatic carbocycles. The van der Waals surface area contributed by atoms with Crippen LogP contribution in [0.4, 0.5) is 10.1 Å². The minimum atomic E-state index is -0.980. The average molecular weight is 496 g/mol. The van der Waals surface area contributed by atoms with E-state index < -0.39 is 29.3 Å². The summed E-state index contributed by atoms with van der Waals surface area (Å²) in [4.78, 5) is 27.8. The minimum absolute atomic E-state index is 0.122. The molecule has 1 fully saturated rings. The van der Waals surface area contributed by atoms with Crippen molar-refractivity contribution in [2.45, 2.75) is 19.9 Å². The number of hydrogen-bond donors (Lipinski definition) is 1. The van der Waals surface area contributed by atoms with Gasteiger partial charge in [0.1, 0.15) is 11.6 Å². The minimum Gasteiger partial charge on any atom is -0.507 e. The summed E-state index contributed by atoms with van der Waals surface area (Å²) in [5.74, 6) is -1.62. The van der Waals surface area contributed by atoms with Crippen molar-refractivity contribution in [2.24, 2.45) is 0 Å². The van der Waals surface area contributed by atoms with Crippen LogP contribution in [0.3, 0.4) is 0 Å². The predicted octanol–water partition coefficient (Wildman–Crippen LogP) is 5.82. The van der Waals surface area contributed by atoms with E-state index in [-0.39, 0.29) is 11.1 Å². The van der Waals surface area contributed by atoms with Crippen LogP contribution in [0.5, 0.6) is 11.5 Å². The molecule has 0 aromatic heterocycles. The van der Waals surface area contributed by atoms with Crippen molar-refractivity contribution >= 4 is 34.7 Å². The van der Waals surface area contributed by atoms with Gasteiger partial charge >= 0.3 is 0 Å². The number of rotatable bonds is 6. The van der Waals surface area contributed by atoms with Gasteiger partial charge in [-0.05, 0) is 79.6 Å². The van der Waals surface area contributed by atoms with Crippen LogP contribution in [0.15, 0.2) is 66.2 Å². The van der Waals surface area contributed by atoms with Crippen molar-refractivity contribution in [1.29, 1.82) is 0 Å². The third-order valence-electron chi connectivity index (χ3n) is 5.78. The van der Waals surface area contributed by atoms with E-state index in [1.165, 1.54) is 30.2 Å². The molecule has 6 nitrogen and oxygen atoms in total. The number of benzene rings is 3. The summed E-state index contributed by atoms with van der Waals surface area (Å²) in [5, 5.41) is 11.7. The van der Waals surface area contributed by atoms with Crippen molar-refractivity contribution in [1.82, 2.24) is 0 Å². The lowest BCUT2D eigenvalue weighted by Crippen LogP contribution is -2.29. The third kappa shape index (κ3) is 4.47. The van der Waals surface area contributed by atoms with Crippen LogP contribution < -0.4 is 14.4 Å². The fraction of sp³-hybridized carbons (Fsp3) is 0.185. The fourth-order valence-corrected chi connectivity index (χ4v) is 4.22. The first-order valence-corrected chi connectivity index (χ1v) is 11.3. The van der Waals surface area contributed by atoms with E-state index in [0.717, 1.165) is 0 Å². The Labute approximate surface area is 207 Å². The van der Waals surface area contributed by atoms with Crippen molar-refractivity contribution in [3.8, 4) is 11.5 Å². The summed E-state index contributed by atoms with van der Waals surface area (Å²) in [5.41, 5.74) is 1.33. The molecule has 1 heterocycles. The normalized spacial score (nSPS) is 17.1. The Hall–Kier alpha value is -3.84.